The Bertz CT molecular complexity index is 1780. The summed E-state index contributed by atoms with van der Waals surface area (Å²) < 4.78 is 32.1. The number of rotatable bonds is 6. The van der Waals surface area contributed by atoms with Gasteiger partial charge in [0, 0.05) is 55.1 Å². The normalized spacial score (nSPS) is 12.9. The number of carbonyl (C=O) groups excluding carboxylic acids is 1. The van der Waals surface area contributed by atoms with Gasteiger partial charge < -0.3 is 10.1 Å². The molecule has 0 saturated carbocycles. The minimum Gasteiger partial charge on any atom is -0.399 e. The zero-order valence-corrected chi connectivity index (χ0v) is 21.3. The van der Waals surface area contributed by atoms with Gasteiger partial charge in [0.2, 0.25) is 0 Å². The number of nitrogen functional groups attached to an aromatic ring is 1. The van der Waals surface area contributed by atoms with E-state index in [2.05, 4.69) is 26.6 Å². The molecule has 3 N–H and O–H groups in total. The van der Waals surface area contributed by atoms with Gasteiger partial charge in [-0.15, -0.1) is 0 Å². The summed E-state index contributed by atoms with van der Waals surface area (Å²) in [5.74, 6) is 5.22. The van der Waals surface area contributed by atoms with Gasteiger partial charge >= 0.3 is 0 Å². The predicted molar refractivity (Wildman–Crippen MR) is 144 cm³/mol. The smallest absolute Gasteiger partial charge is 0.264 e. The summed E-state index contributed by atoms with van der Waals surface area (Å²) in [6.45, 7) is 0. The highest BCUT2D eigenvalue weighted by atomic mass is 32.2. The number of fused-ring (bicyclic) bond motifs is 1. The zero-order valence-electron chi connectivity index (χ0n) is 20.4. The maximum Gasteiger partial charge on any atom is 0.264 e. The van der Waals surface area contributed by atoms with E-state index >= 15 is 0 Å². The number of benzene rings is 2. The molecule has 3 aromatic heterocycles. The number of aryl methyl sites for hydroxylation is 1. The molecule has 38 heavy (non-hydrogen) atoms. The van der Waals surface area contributed by atoms with E-state index in [1.165, 1.54) is 4.68 Å². The number of nitrogens with one attached hydrogen (secondary N) is 1. The van der Waals surface area contributed by atoms with E-state index < -0.39 is 20.7 Å². The first-order chi connectivity index (χ1) is 18.3. The van der Waals surface area contributed by atoms with Crippen LogP contribution in [0.5, 0.6) is 0 Å². The highest BCUT2D eigenvalue weighted by Gasteiger charge is 2.48. The summed E-state index contributed by atoms with van der Waals surface area (Å²) in [6, 6.07) is 20.1. The first-order valence-electron chi connectivity index (χ1n) is 11.7. The van der Waals surface area contributed by atoms with Crippen LogP contribution in [0.2, 0.25) is 0 Å². The highest BCUT2D eigenvalue weighted by Crippen LogP contribution is 2.33. The van der Waals surface area contributed by atoms with Crippen LogP contribution in [0.3, 0.4) is 0 Å². The molecule has 5 rings (SSSR count). The molecule has 1 amide bonds. The summed E-state index contributed by atoms with van der Waals surface area (Å²) >= 11 is 0. The maximum atomic E-state index is 14.2. The fourth-order valence-corrected chi connectivity index (χ4v) is 5.55. The number of hydrogen-bond acceptors (Lipinski definition) is 6. The van der Waals surface area contributed by atoms with Crippen molar-refractivity contribution in [1.82, 2.24) is 23.9 Å². The second-order valence-electron chi connectivity index (χ2n) is 8.78. The first-order valence-corrected chi connectivity index (χ1v) is 13.2. The Kier molecular flexibility index (Phi) is 6.45. The molecule has 0 spiro atoms. The van der Waals surface area contributed by atoms with Gasteiger partial charge in [-0.2, -0.15) is 5.10 Å². The Morgan fingerprint density at radius 1 is 1.03 bits per heavy atom. The van der Waals surface area contributed by atoms with Gasteiger partial charge in [0.1, 0.15) is 5.65 Å². The lowest BCUT2D eigenvalue weighted by molar-refractivity contribution is 0.0980. The number of hydrogen-bond donors (Lipinski definition) is 2. The van der Waals surface area contributed by atoms with Crippen molar-refractivity contribution in [3.63, 3.8) is 0 Å². The van der Waals surface area contributed by atoms with E-state index in [1.807, 2.05) is 0 Å². The van der Waals surface area contributed by atoms with Crippen LogP contribution in [0.15, 0.2) is 97.6 Å². The zero-order chi connectivity index (χ0) is 26.8. The second-order valence-corrected chi connectivity index (χ2v) is 10.7. The Balaban J connectivity index is 1.69. The molecular weight excluding hydrogens is 500 g/mol. The van der Waals surface area contributed by atoms with Gasteiger partial charge in [-0.3, -0.25) is 9.48 Å². The third-order valence-corrected chi connectivity index (χ3v) is 7.90. The van der Waals surface area contributed by atoms with E-state index in [-0.39, 0.29) is 17.7 Å². The number of anilines is 1. The number of imidazole rings is 1. The van der Waals surface area contributed by atoms with Gasteiger partial charge in [0.15, 0.2) is 4.75 Å². The Morgan fingerprint density at radius 3 is 2.50 bits per heavy atom. The Hall–Kier alpha value is -4.88. The van der Waals surface area contributed by atoms with Gasteiger partial charge in [0.25, 0.3) is 15.9 Å². The second kappa shape index (κ2) is 9.88. The number of carbonyl (C=O) groups is 1. The van der Waals surface area contributed by atoms with Crippen molar-refractivity contribution in [3.8, 4) is 11.8 Å². The van der Waals surface area contributed by atoms with Crippen molar-refractivity contribution in [2.75, 3.05) is 5.73 Å². The average Bonchev–Trinajstić information content (AvgIpc) is 3.56. The monoisotopic (exact) mass is 524 g/mol. The Morgan fingerprint density at radius 2 is 1.79 bits per heavy atom. The van der Waals surface area contributed by atoms with E-state index in [9.17, 15) is 13.2 Å². The van der Waals surface area contributed by atoms with Crippen LogP contribution in [0.1, 0.15) is 27.2 Å². The lowest BCUT2D eigenvalue weighted by Gasteiger charge is -2.27. The molecule has 0 aliphatic carbocycles. The van der Waals surface area contributed by atoms with Gasteiger partial charge in [-0.05, 0) is 54.1 Å². The maximum absolute atomic E-state index is 14.2. The molecule has 0 bridgehead atoms. The summed E-state index contributed by atoms with van der Waals surface area (Å²) in [5, 5.41) is 4.45. The van der Waals surface area contributed by atoms with E-state index in [0.717, 1.165) is 0 Å². The van der Waals surface area contributed by atoms with Crippen molar-refractivity contribution < 1.29 is 13.2 Å². The van der Waals surface area contributed by atoms with Crippen LogP contribution in [0, 0.1) is 11.8 Å². The van der Waals surface area contributed by atoms with Crippen LogP contribution in [0.25, 0.3) is 5.65 Å². The molecule has 5 aromatic rings. The first kappa shape index (κ1) is 24.8. The number of aromatic nitrogens is 4. The Labute approximate surface area is 220 Å². The van der Waals surface area contributed by atoms with Gasteiger partial charge in [0.05, 0.1) is 5.69 Å². The van der Waals surface area contributed by atoms with Gasteiger partial charge in [-0.25, -0.2) is 18.1 Å². The summed E-state index contributed by atoms with van der Waals surface area (Å²) in [4.78, 5) is 17.3. The largest absolute Gasteiger partial charge is 0.399 e. The number of sulfonamides is 1. The number of nitrogens with zero attached hydrogens (tertiary/aromatic N) is 4. The standard InChI is InChI=1S/C28H24N6O3S/c1-33-17-14-25(31-33)28(15-13-21-7-10-24(29)11-8-21,19-22-9-12-26-30-16-18-34(26)20-22)38(36,37)32-27(35)23-5-3-2-4-6-23/h2-12,14,16-18,20H,19,29H2,1H3,(H,32,35). The average molecular weight is 525 g/mol. The SMILES string of the molecule is Cn1ccc(C(C#Cc2ccc(N)cc2)(Cc2ccc3nccn3c2)S(=O)(=O)NC(=O)c2ccccc2)n1. The van der Waals surface area contributed by atoms with Crippen LogP contribution < -0.4 is 10.5 Å². The lowest BCUT2D eigenvalue weighted by atomic mass is 9.96. The number of amides is 1. The fraction of sp³-hybridized carbons (Fsp3) is 0.107. The molecular formula is C28H24N6O3S. The molecule has 0 aliphatic heterocycles. The molecule has 0 saturated heterocycles. The summed E-state index contributed by atoms with van der Waals surface area (Å²) in [7, 11) is -2.80. The number of nitrogens with two attached hydrogens (primary N) is 1. The van der Waals surface area contributed by atoms with E-state index in [0.29, 0.717) is 22.5 Å². The predicted octanol–water partition coefficient (Wildman–Crippen LogP) is 2.90. The molecule has 9 nitrogen and oxygen atoms in total. The minimum absolute atomic E-state index is 0.0858. The topological polar surface area (TPSA) is 124 Å². The van der Waals surface area contributed by atoms with Crippen molar-refractivity contribution in [3.05, 3.63) is 120 Å². The van der Waals surface area contributed by atoms with Crippen LogP contribution in [0.4, 0.5) is 5.69 Å². The molecule has 190 valence electrons. The molecule has 0 aliphatic rings. The molecule has 3 heterocycles. The molecule has 0 radical (unpaired) electrons. The van der Waals surface area contributed by atoms with Crippen molar-refractivity contribution in [2.45, 2.75) is 11.2 Å². The van der Waals surface area contributed by atoms with Crippen molar-refractivity contribution >= 4 is 27.3 Å². The molecule has 0 fully saturated rings. The summed E-state index contributed by atoms with van der Waals surface area (Å²) in [5.41, 5.74) is 8.69. The van der Waals surface area contributed by atoms with Gasteiger partial charge in [-0.1, -0.05) is 36.1 Å². The van der Waals surface area contributed by atoms with Crippen molar-refractivity contribution in [2.24, 2.45) is 7.05 Å². The van der Waals surface area contributed by atoms with Crippen molar-refractivity contribution in [1.29, 1.82) is 0 Å². The molecule has 2 aromatic carbocycles. The fourth-order valence-electron chi connectivity index (χ4n) is 4.08. The van der Waals surface area contributed by atoms with E-state index in [1.54, 1.807) is 109 Å². The van der Waals surface area contributed by atoms with Crippen LogP contribution in [-0.4, -0.2) is 33.5 Å². The molecule has 1 atom stereocenters. The lowest BCUT2D eigenvalue weighted by Crippen LogP contribution is -2.47. The third kappa shape index (κ3) is 4.87. The highest BCUT2D eigenvalue weighted by molar-refractivity contribution is 7.91. The molecule has 10 heteroatoms. The minimum atomic E-state index is -4.49. The van der Waals surface area contributed by atoms with Crippen LogP contribution in [-0.2, 0) is 28.2 Å². The van der Waals surface area contributed by atoms with E-state index in [4.69, 9.17) is 5.73 Å². The third-order valence-electron chi connectivity index (χ3n) is 6.07. The van der Waals surface area contributed by atoms with Crippen LogP contribution >= 0.6 is 0 Å². The summed E-state index contributed by atoms with van der Waals surface area (Å²) in [6.07, 6.45) is 6.77. The molecule has 1 unspecified atom stereocenters. The quantitative estimate of drug-likeness (QED) is 0.260. The number of pyridine rings is 1.